The van der Waals surface area contributed by atoms with Crippen molar-refractivity contribution >= 4 is 50.5 Å². The minimum atomic E-state index is -0.332. The SMILES string of the molecule is Cc1nc2ccc(Cl)cc2cc1C(=O)Nc1c(-c2ccc(F)cc2)nc2sccn12. The van der Waals surface area contributed by atoms with Crippen LogP contribution in [0.4, 0.5) is 10.2 Å². The normalized spacial score (nSPS) is 11.3. The average Bonchev–Trinajstić information content (AvgIpc) is 3.31. The van der Waals surface area contributed by atoms with Gasteiger partial charge in [0.25, 0.3) is 5.91 Å². The number of aryl methyl sites for hydroxylation is 1. The minimum Gasteiger partial charge on any atom is -0.306 e. The minimum absolute atomic E-state index is 0.307. The summed E-state index contributed by atoms with van der Waals surface area (Å²) in [4.78, 5) is 23.1. The van der Waals surface area contributed by atoms with Gasteiger partial charge in [0.2, 0.25) is 0 Å². The van der Waals surface area contributed by atoms with Gasteiger partial charge in [-0.25, -0.2) is 9.37 Å². The largest absolute Gasteiger partial charge is 0.306 e. The highest BCUT2D eigenvalue weighted by atomic mass is 35.5. The summed E-state index contributed by atoms with van der Waals surface area (Å²) >= 11 is 7.54. The Balaban J connectivity index is 1.59. The number of imidazole rings is 1. The molecule has 0 fully saturated rings. The molecule has 0 aliphatic carbocycles. The summed E-state index contributed by atoms with van der Waals surface area (Å²) in [5, 5.41) is 6.22. The Morgan fingerprint density at radius 1 is 1.13 bits per heavy atom. The Bertz CT molecular complexity index is 1420. The molecule has 2 aromatic carbocycles. The lowest BCUT2D eigenvalue weighted by Gasteiger charge is -2.10. The van der Waals surface area contributed by atoms with Crippen molar-refractivity contribution in [2.75, 3.05) is 5.32 Å². The van der Waals surface area contributed by atoms with E-state index in [1.54, 1.807) is 37.3 Å². The van der Waals surface area contributed by atoms with Crippen molar-refractivity contribution < 1.29 is 9.18 Å². The number of amides is 1. The molecule has 0 unspecified atom stereocenters. The summed E-state index contributed by atoms with van der Waals surface area (Å²) < 4.78 is 15.2. The Kier molecular flexibility index (Phi) is 4.49. The molecule has 1 N–H and O–H groups in total. The van der Waals surface area contributed by atoms with Crippen LogP contribution in [0.2, 0.25) is 5.02 Å². The molecular formula is C22H14ClFN4OS. The molecule has 5 rings (SSSR count). The van der Waals surface area contributed by atoms with Gasteiger partial charge in [0.15, 0.2) is 4.96 Å². The molecule has 8 heteroatoms. The summed E-state index contributed by atoms with van der Waals surface area (Å²) in [5.74, 6) is -0.117. The van der Waals surface area contributed by atoms with Gasteiger partial charge in [-0.3, -0.25) is 14.2 Å². The Labute approximate surface area is 179 Å². The predicted octanol–water partition coefficient (Wildman–Crippen LogP) is 5.96. The monoisotopic (exact) mass is 436 g/mol. The lowest BCUT2D eigenvalue weighted by Crippen LogP contribution is -2.16. The maximum Gasteiger partial charge on any atom is 0.258 e. The van der Waals surface area contributed by atoms with Crippen molar-refractivity contribution in [3.63, 3.8) is 0 Å². The smallest absolute Gasteiger partial charge is 0.258 e. The molecule has 5 aromatic rings. The quantitative estimate of drug-likeness (QED) is 0.379. The van der Waals surface area contributed by atoms with Crippen molar-refractivity contribution in [1.82, 2.24) is 14.4 Å². The van der Waals surface area contributed by atoms with Gasteiger partial charge in [-0.05, 0) is 55.5 Å². The lowest BCUT2D eigenvalue weighted by molar-refractivity contribution is 0.102. The molecule has 5 nitrogen and oxygen atoms in total. The highest BCUT2D eigenvalue weighted by Crippen LogP contribution is 2.31. The van der Waals surface area contributed by atoms with Crippen molar-refractivity contribution in [2.24, 2.45) is 0 Å². The van der Waals surface area contributed by atoms with Gasteiger partial charge in [-0.2, -0.15) is 0 Å². The van der Waals surface area contributed by atoms with E-state index in [9.17, 15) is 9.18 Å². The van der Waals surface area contributed by atoms with Crippen molar-refractivity contribution in [1.29, 1.82) is 0 Å². The highest BCUT2D eigenvalue weighted by molar-refractivity contribution is 7.15. The predicted molar refractivity (Wildman–Crippen MR) is 118 cm³/mol. The van der Waals surface area contributed by atoms with Crippen LogP contribution in [0.1, 0.15) is 16.1 Å². The summed E-state index contributed by atoms with van der Waals surface area (Å²) in [6, 6.07) is 13.2. The molecule has 0 spiro atoms. The number of nitrogens with one attached hydrogen (secondary N) is 1. The lowest BCUT2D eigenvalue weighted by atomic mass is 10.1. The van der Waals surface area contributed by atoms with Crippen LogP contribution in [0.5, 0.6) is 0 Å². The summed E-state index contributed by atoms with van der Waals surface area (Å²) in [5.41, 5.74) is 3.11. The standard InChI is InChI=1S/C22H14ClFN4OS/c1-12-17(11-14-10-15(23)4-7-18(14)25-12)21(29)27-20-19(13-2-5-16(24)6-3-13)26-22-28(20)8-9-30-22/h2-11H,1H3,(H,27,29). The molecule has 0 bridgehead atoms. The van der Waals surface area contributed by atoms with Crippen molar-refractivity contribution in [2.45, 2.75) is 6.92 Å². The third-order valence-electron chi connectivity index (χ3n) is 4.82. The van der Waals surface area contributed by atoms with Crippen LogP contribution in [0.25, 0.3) is 27.1 Å². The number of rotatable bonds is 3. The van der Waals surface area contributed by atoms with Gasteiger partial charge < -0.3 is 5.32 Å². The van der Waals surface area contributed by atoms with Gasteiger partial charge in [0.1, 0.15) is 17.3 Å². The number of benzene rings is 2. The van der Waals surface area contributed by atoms with Crippen LogP contribution in [0.15, 0.2) is 60.1 Å². The highest BCUT2D eigenvalue weighted by Gasteiger charge is 2.20. The molecule has 0 saturated carbocycles. The average molecular weight is 437 g/mol. The number of anilines is 1. The second-order valence-corrected chi connectivity index (χ2v) is 8.09. The fourth-order valence-corrected chi connectivity index (χ4v) is 4.26. The molecule has 1 amide bonds. The van der Waals surface area contributed by atoms with Crippen LogP contribution in [-0.4, -0.2) is 20.3 Å². The number of thiazole rings is 1. The number of halogens is 2. The van der Waals surface area contributed by atoms with E-state index < -0.39 is 0 Å². The number of carbonyl (C=O) groups is 1. The first kappa shape index (κ1) is 18.7. The van der Waals surface area contributed by atoms with E-state index in [0.717, 1.165) is 15.9 Å². The third-order valence-corrected chi connectivity index (χ3v) is 5.82. The maximum atomic E-state index is 13.4. The zero-order chi connectivity index (χ0) is 20.8. The number of nitrogens with zero attached hydrogens (tertiary/aromatic N) is 3. The van der Waals surface area contributed by atoms with E-state index in [-0.39, 0.29) is 11.7 Å². The molecule has 30 heavy (non-hydrogen) atoms. The molecule has 0 atom stereocenters. The number of pyridine rings is 1. The Morgan fingerprint density at radius 2 is 1.93 bits per heavy atom. The van der Waals surface area contributed by atoms with Crippen LogP contribution >= 0.6 is 22.9 Å². The number of carbonyl (C=O) groups excluding carboxylic acids is 1. The third kappa shape index (κ3) is 3.22. The van der Waals surface area contributed by atoms with E-state index in [1.165, 1.54) is 23.5 Å². The van der Waals surface area contributed by atoms with Gasteiger partial charge in [-0.15, -0.1) is 11.3 Å². The van der Waals surface area contributed by atoms with E-state index >= 15 is 0 Å². The van der Waals surface area contributed by atoms with Gasteiger partial charge in [0, 0.05) is 27.5 Å². The fraction of sp³-hybridized carbons (Fsp3) is 0.0455. The van der Waals surface area contributed by atoms with Crippen LogP contribution in [-0.2, 0) is 0 Å². The van der Waals surface area contributed by atoms with E-state index in [4.69, 9.17) is 11.6 Å². The molecule has 3 aromatic heterocycles. The topological polar surface area (TPSA) is 59.3 Å². The fourth-order valence-electron chi connectivity index (χ4n) is 3.36. The second kappa shape index (κ2) is 7.19. The Hall–Kier alpha value is -3.29. The summed E-state index contributed by atoms with van der Waals surface area (Å²) in [6.07, 6.45) is 1.83. The first-order chi connectivity index (χ1) is 14.5. The van der Waals surface area contributed by atoms with Crippen LogP contribution < -0.4 is 5.32 Å². The van der Waals surface area contributed by atoms with Gasteiger partial charge >= 0.3 is 0 Å². The van der Waals surface area contributed by atoms with Crippen molar-refractivity contribution in [3.05, 3.63) is 82.2 Å². The molecular weight excluding hydrogens is 423 g/mol. The summed E-state index contributed by atoms with van der Waals surface area (Å²) in [7, 11) is 0. The number of hydrogen-bond acceptors (Lipinski definition) is 4. The maximum absolute atomic E-state index is 13.4. The zero-order valence-corrected chi connectivity index (χ0v) is 17.3. The molecule has 0 aliphatic rings. The first-order valence-electron chi connectivity index (χ1n) is 9.09. The molecule has 0 aliphatic heterocycles. The zero-order valence-electron chi connectivity index (χ0n) is 15.7. The summed E-state index contributed by atoms with van der Waals surface area (Å²) in [6.45, 7) is 1.79. The Morgan fingerprint density at radius 3 is 2.73 bits per heavy atom. The number of aromatic nitrogens is 3. The molecule has 3 heterocycles. The first-order valence-corrected chi connectivity index (χ1v) is 10.3. The number of hydrogen-bond donors (Lipinski definition) is 1. The van der Waals surface area contributed by atoms with E-state index in [1.807, 2.05) is 22.0 Å². The van der Waals surface area contributed by atoms with E-state index in [2.05, 4.69) is 15.3 Å². The van der Waals surface area contributed by atoms with Crippen molar-refractivity contribution in [3.8, 4) is 11.3 Å². The molecule has 0 saturated heterocycles. The molecule has 148 valence electrons. The molecule has 0 radical (unpaired) electrons. The van der Waals surface area contributed by atoms with Crippen LogP contribution in [0.3, 0.4) is 0 Å². The van der Waals surface area contributed by atoms with Gasteiger partial charge in [0.05, 0.1) is 16.8 Å². The van der Waals surface area contributed by atoms with Crippen LogP contribution in [0, 0.1) is 12.7 Å². The number of fused-ring (bicyclic) bond motifs is 2. The van der Waals surface area contributed by atoms with E-state index in [0.29, 0.717) is 33.4 Å². The second-order valence-electron chi connectivity index (χ2n) is 6.78. The van der Waals surface area contributed by atoms with Gasteiger partial charge in [-0.1, -0.05) is 11.6 Å².